The van der Waals surface area contributed by atoms with Gasteiger partial charge in [-0.1, -0.05) is 40.1 Å². The Morgan fingerprint density at radius 2 is 1.91 bits per heavy atom. The number of aromatic nitrogens is 1. The Hall–Kier alpha value is -3.39. The smallest absolute Gasteiger partial charge is 0.296 e. The number of amides is 1. The van der Waals surface area contributed by atoms with Crippen molar-refractivity contribution in [2.24, 2.45) is 0 Å². The van der Waals surface area contributed by atoms with E-state index in [1.807, 2.05) is 31.2 Å². The maximum Gasteiger partial charge on any atom is 0.296 e. The molecule has 162 valence electrons. The molecule has 32 heavy (non-hydrogen) atoms. The van der Waals surface area contributed by atoms with Crippen LogP contribution in [0.15, 0.2) is 66.7 Å². The van der Waals surface area contributed by atoms with Gasteiger partial charge in [0.2, 0.25) is 5.76 Å². The standard InChI is InChI=1S/C24H19BrN2O5/c1-3-10-30-16-7-4-14(5-8-16)21-20-22(28)17-12-15(25)6-9-18(17)31-23(20)24(29)27(21)19-11-13(2)32-26-19/h4-9,11-12,21H,3,10H2,1-2H3. The number of fused-ring (bicyclic) bond motifs is 2. The highest BCUT2D eigenvalue weighted by molar-refractivity contribution is 9.10. The van der Waals surface area contributed by atoms with Crippen molar-refractivity contribution in [2.75, 3.05) is 11.5 Å². The third-order valence-electron chi connectivity index (χ3n) is 5.36. The number of ether oxygens (including phenoxy) is 1. The fraction of sp³-hybridized carbons (Fsp3) is 0.208. The molecule has 8 heteroatoms. The largest absolute Gasteiger partial charge is 0.494 e. The number of rotatable bonds is 5. The van der Waals surface area contributed by atoms with E-state index >= 15 is 0 Å². The molecule has 1 amide bonds. The number of carbonyl (C=O) groups is 1. The number of carbonyl (C=O) groups excluding carboxylic acids is 1. The predicted octanol–water partition coefficient (Wildman–Crippen LogP) is 5.39. The molecule has 5 rings (SSSR count). The summed E-state index contributed by atoms with van der Waals surface area (Å²) >= 11 is 3.40. The highest BCUT2D eigenvalue weighted by atomic mass is 79.9. The molecule has 0 radical (unpaired) electrons. The summed E-state index contributed by atoms with van der Waals surface area (Å²) in [6, 6.07) is 13.5. The van der Waals surface area contributed by atoms with Crippen molar-refractivity contribution < 1.29 is 18.5 Å². The van der Waals surface area contributed by atoms with Crippen molar-refractivity contribution in [1.82, 2.24) is 5.16 Å². The molecular weight excluding hydrogens is 476 g/mol. The molecule has 4 aromatic rings. The van der Waals surface area contributed by atoms with Crippen molar-refractivity contribution in [1.29, 1.82) is 0 Å². The van der Waals surface area contributed by atoms with Crippen LogP contribution < -0.4 is 15.1 Å². The van der Waals surface area contributed by atoms with Crippen molar-refractivity contribution in [3.8, 4) is 5.75 Å². The summed E-state index contributed by atoms with van der Waals surface area (Å²) in [5.74, 6) is 1.17. The van der Waals surface area contributed by atoms with Gasteiger partial charge in [0.15, 0.2) is 11.2 Å². The first-order valence-electron chi connectivity index (χ1n) is 10.2. The first-order chi connectivity index (χ1) is 15.5. The van der Waals surface area contributed by atoms with Crippen molar-refractivity contribution >= 4 is 38.6 Å². The second-order valence-corrected chi connectivity index (χ2v) is 8.52. The molecule has 1 aliphatic rings. The van der Waals surface area contributed by atoms with E-state index < -0.39 is 11.9 Å². The van der Waals surface area contributed by atoms with Gasteiger partial charge in [0, 0.05) is 10.5 Å². The average molecular weight is 495 g/mol. The molecule has 0 saturated heterocycles. The molecule has 0 spiro atoms. The lowest BCUT2D eigenvalue weighted by Crippen LogP contribution is -2.29. The second-order valence-electron chi connectivity index (χ2n) is 7.61. The Balaban J connectivity index is 1.72. The van der Waals surface area contributed by atoms with Crippen LogP contribution in [0.3, 0.4) is 0 Å². The number of aryl methyl sites for hydroxylation is 1. The van der Waals surface area contributed by atoms with E-state index in [9.17, 15) is 9.59 Å². The molecular formula is C24H19BrN2O5. The van der Waals surface area contributed by atoms with E-state index in [1.54, 1.807) is 31.2 Å². The summed E-state index contributed by atoms with van der Waals surface area (Å²) < 4.78 is 17.6. The second kappa shape index (κ2) is 7.94. The molecule has 0 bridgehead atoms. The lowest BCUT2D eigenvalue weighted by molar-refractivity contribution is 0.0969. The normalized spacial score (nSPS) is 15.4. The van der Waals surface area contributed by atoms with Gasteiger partial charge < -0.3 is 13.7 Å². The number of anilines is 1. The Morgan fingerprint density at radius 1 is 1.12 bits per heavy atom. The molecule has 0 fully saturated rings. The number of hydrogen-bond donors (Lipinski definition) is 0. The number of halogens is 1. The molecule has 2 aromatic heterocycles. The lowest BCUT2D eigenvalue weighted by Gasteiger charge is -2.22. The summed E-state index contributed by atoms with van der Waals surface area (Å²) in [5, 5.41) is 4.43. The molecule has 3 heterocycles. The molecule has 0 aliphatic carbocycles. The van der Waals surface area contributed by atoms with Crippen LogP contribution >= 0.6 is 15.9 Å². The van der Waals surface area contributed by atoms with Gasteiger partial charge in [0.25, 0.3) is 5.91 Å². The first kappa shape index (κ1) is 20.5. The SMILES string of the molecule is CCCOc1ccc(C2c3c(oc4ccc(Br)cc4c3=O)C(=O)N2c2cc(C)on2)cc1. The van der Waals surface area contributed by atoms with Crippen LogP contribution in [0.1, 0.15) is 46.8 Å². The first-order valence-corrected chi connectivity index (χ1v) is 11.0. The van der Waals surface area contributed by atoms with Gasteiger partial charge in [-0.2, -0.15) is 0 Å². The Kier molecular flexibility index (Phi) is 5.09. The number of hydrogen-bond acceptors (Lipinski definition) is 6. The van der Waals surface area contributed by atoms with Crippen LogP contribution in [0.5, 0.6) is 5.75 Å². The minimum absolute atomic E-state index is 0.0155. The molecule has 2 aromatic carbocycles. The number of benzene rings is 2. The minimum atomic E-state index is -0.707. The van der Waals surface area contributed by atoms with Gasteiger partial charge in [-0.25, -0.2) is 0 Å². The molecule has 0 N–H and O–H groups in total. The van der Waals surface area contributed by atoms with Gasteiger partial charge in [-0.15, -0.1) is 0 Å². The average Bonchev–Trinajstić information content (AvgIpc) is 3.34. The van der Waals surface area contributed by atoms with Crippen molar-refractivity contribution in [3.63, 3.8) is 0 Å². The fourth-order valence-electron chi connectivity index (χ4n) is 3.93. The topological polar surface area (TPSA) is 85.8 Å². The third kappa shape index (κ3) is 3.31. The summed E-state index contributed by atoms with van der Waals surface area (Å²) in [6.07, 6.45) is 0.898. The molecule has 1 atom stereocenters. The quantitative estimate of drug-likeness (QED) is 0.369. The van der Waals surface area contributed by atoms with Crippen LogP contribution in [0.2, 0.25) is 0 Å². The zero-order valence-corrected chi connectivity index (χ0v) is 19.0. The van der Waals surface area contributed by atoms with Crippen LogP contribution in [0.4, 0.5) is 5.82 Å². The monoisotopic (exact) mass is 494 g/mol. The van der Waals surface area contributed by atoms with E-state index in [2.05, 4.69) is 21.1 Å². The van der Waals surface area contributed by atoms with E-state index in [1.165, 1.54) is 4.90 Å². The van der Waals surface area contributed by atoms with E-state index in [0.717, 1.165) is 22.2 Å². The van der Waals surface area contributed by atoms with Crippen LogP contribution in [0.25, 0.3) is 11.0 Å². The Bertz CT molecular complexity index is 1390. The van der Waals surface area contributed by atoms with E-state index in [0.29, 0.717) is 29.2 Å². The zero-order valence-electron chi connectivity index (χ0n) is 17.4. The molecule has 1 unspecified atom stereocenters. The summed E-state index contributed by atoms with van der Waals surface area (Å²) in [4.78, 5) is 28.4. The summed E-state index contributed by atoms with van der Waals surface area (Å²) in [6.45, 7) is 4.39. The van der Waals surface area contributed by atoms with Gasteiger partial charge in [0.1, 0.15) is 17.1 Å². The fourth-order valence-corrected chi connectivity index (χ4v) is 4.29. The maximum atomic E-state index is 13.6. The van der Waals surface area contributed by atoms with Crippen molar-refractivity contribution in [2.45, 2.75) is 26.3 Å². The molecule has 1 aliphatic heterocycles. The third-order valence-corrected chi connectivity index (χ3v) is 5.86. The summed E-state index contributed by atoms with van der Waals surface area (Å²) in [7, 11) is 0. The van der Waals surface area contributed by atoms with E-state index in [4.69, 9.17) is 13.7 Å². The van der Waals surface area contributed by atoms with Crippen LogP contribution in [-0.4, -0.2) is 17.7 Å². The predicted molar refractivity (Wildman–Crippen MR) is 122 cm³/mol. The van der Waals surface area contributed by atoms with Crippen molar-refractivity contribution in [3.05, 3.63) is 85.9 Å². The molecule has 0 saturated carbocycles. The van der Waals surface area contributed by atoms with Gasteiger partial charge in [-0.05, 0) is 49.2 Å². The lowest BCUT2D eigenvalue weighted by atomic mass is 9.98. The van der Waals surface area contributed by atoms with Crippen LogP contribution in [-0.2, 0) is 0 Å². The molecule has 7 nitrogen and oxygen atoms in total. The number of nitrogens with zero attached hydrogens (tertiary/aromatic N) is 2. The van der Waals surface area contributed by atoms with Crippen LogP contribution in [0, 0.1) is 6.92 Å². The summed E-state index contributed by atoms with van der Waals surface area (Å²) in [5.41, 5.74) is 1.12. The highest BCUT2D eigenvalue weighted by Gasteiger charge is 2.44. The maximum absolute atomic E-state index is 13.6. The van der Waals surface area contributed by atoms with Gasteiger partial charge in [0.05, 0.1) is 23.6 Å². The highest BCUT2D eigenvalue weighted by Crippen LogP contribution is 2.41. The Labute approximate surface area is 191 Å². The Morgan fingerprint density at radius 3 is 2.59 bits per heavy atom. The minimum Gasteiger partial charge on any atom is -0.494 e. The zero-order chi connectivity index (χ0) is 22.4. The van der Waals surface area contributed by atoms with Gasteiger partial charge >= 0.3 is 0 Å². The van der Waals surface area contributed by atoms with Gasteiger partial charge in [-0.3, -0.25) is 14.5 Å². The van der Waals surface area contributed by atoms with E-state index in [-0.39, 0.29) is 16.8 Å².